The van der Waals surface area contributed by atoms with Crippen LogP contribution in [-0.4, -0.2) is 23.1 Å². The zero-order valence-electron chi connectivity index (χ0n) is 7.62. The van der Waals surface area contributed by atoms with E-state index in [9.17, 15) is 26.3 Å². The Morgan fingerprint density at radius 3 is 1.60 bits per heavy atom. The summed E-state index contributed by atoms with van der Waals surface area (Å²) < 4.78 is 73.0. The SMILES string of the molecule is OC1(C(F)(F)F)CCC(C(F)(F)F)CC1. The maximum Gasteiger partial charge on any atom is 0.417 e. The highest BCUT2D eigenvalue weighted by Crippen LogP contribution is 2.47. The van der Waals surface area contributed by atoms with Crippen LogP contribution in [0.4, 0.5) is 26.3 Å². The van der Waals surface area contributed by atoms with Crippen molar-refractivity contribution >= 4 is 0 Å². The van der Waals surface area contributed by atoms with Gasteiger partial charge >= 0.3 is 12.4 Å². The fraction of sp³-hybridized carbons (Fsp3) is 1.00. The molecule has 1 N–H and O–H groups in total. The first-order valence-electron chi connectivity index (χ1n) is 4.42. The Bertz CT molecular complexity index is 222. The van der Waals surface area contributed by atoms with Gasteiger partial charge in [0, 0.05) is 0 Å². The number of alkyl halides is 6. The molecule has 1 fully saturated rings. The Kier molecular flexibility index (Phi) is 2.97. The van der Waals surface area contributed by atoms with E-state index in [4.69, 9.17) is 5.11 Å². The molecule has 1 rings (SSSR count). The van der Waals surface area contributed by atoms with Crippen LogP contribution in [0.2, 0.25) is 0 Å². The predicted octanol–water partition coefficient (Wildman–Crippen LogP) is 3.03. The van der Waals surface area contributed by atoms with Crippen molar-refractivity contribution in [1.82, 2.24) is 0 Å². The summed E-state index contributed by atoms with van der Waals surface area (Å²) in [6.07, 6.45) is -12.4. The molecule has 0 aromatic carbocycles. The molecule has 1 saturated carbocycles. The summed E-state index contributed by atoms with van der Waals surface area (Å²) in [5, 5.41) is 9.10. The fourth-order valence-corrected chi connectivity index (χ4v) is 1.71. The maximum absolute atomic E-state index is 12.2. The number of aliphatic hydroxyl groups is 1. The molecule has 1 nitrogen and oxygen atoms in total. The van der Waals surface area contributed by atoms with Crippen molar-refractivity contribution in [3.05, 3.63) is 0 Å². The minimum atomic E-state index is -4.84. The molecule has 90 valence electrons. The number of hydrogen-bond donors (Lipinski definition) is 1. The van der Waals surface area contributed by atoms with Crippen LogP contribution in [0.15, 0.2) is 0 Å². The molecule has 0 aromatic rings. The van der Waals surface area contributed by atoms with E-state index in [1.807, 2.05) is 0 Å². The second-order valence-electron chi connectivity index (χ2n) is 3.85. The summed E-state index contributed by atoms with van der Waals surface area (Å²) in [5.41, 5.74) is -2.94. The summed E-state index contributed by atoms with van der Waals surface area (Å²) in [5.74, 6) is -1.72. The Hall–Kier alpha value is -0.460. The van der Waals surface area contributed by atoms with Gasteiger partial charge in [-0.25, -0.2) is 0 Å². The first kappa shape index (κ1) is 12.6. The molecule has 0 spiro atoms. The minimum Gasteiger partial charge on any atom is -0.380 e. The van der Waals surface area contributed by atoms with Gasteiger partial charge in [-0.3, -0.25) is 0 Å². The maximum atomic E-state index is 12.2. The lowest BCUT2D eigenvalue weighted by atomic mass is 9.78. The van der Waals surface area contributed by atoms with Gasteiger partial charge in [0.1, 0.15) is 0 Å². The molecular weight excluding hydrogens is 226 g/mol. The van der Waals surface area contributed by atoms with E-state index in [2.05, 4.69) is 0 Å². The topological polar surface area (TPSA) is 20.2 Å². The van der Waals surface area contributed by atoms with E-state index >= 15 is 0 Å². The summed E-state index contributed by atoms with van der Waals surface area (Å²) in [7, 11) is 0. The standard InChI is InChI=1S/C8H10F6O/c9-7(10,11)5-1-3-6(15,4-2-5)8(12,13)14/h5,15H,1-4H2. The second kappa shape index (κ2) is 3.54. The average molecular weight is 236 g/mol. The van der Waals surface area contributed by atoms with Crippen molar-refractivity contribution < 1.29 is 31.4 Å². The molecule has 15 heavy (non-hydrogen) atoms. The smallest absolute Gasteiger partial charge is 0.380 e. The molecule has 0 heterocycles. The summed E-state index contributed by atoms with van der Waals surface area (Å²) >= 11 is 0. The van der Waals surface area contributed by atoms with Gasteiger partial charge in [0.25, 0.3) is 0 Å². The molecule has 0 aromatic heterocycles. The molecule has 0 atom stereocenters. The van der Waals surface area contributed by atoms with Crippen LogP contribution < -0.4 is 0 Å². The third-order valence-electron chi connectivity index (χ3n) is 2.80. The zero-order chi connectivity index (χ0) is 11.9. The van der Waals surface area contributed by atoms with Crippen molar-refractivity contribution in [2.24, 2.45) is 5.92 Å². The van der Waals surface area contributed by atoms with Crippen molar-refractivity contribution in [2.75, 3.05) is 0 Å². The van der Waals surface area contributed by atoms with Crippen molar-refractivity contribution in [1.29, 1.82) is 0 Å². The third-order valence-corrected chi connectivity index (χ3v) is 2.80. The molecular formula is C8H10F6O. The van der Waals surface area contributed by atoms with Gasteiger partial charge in [-0.1, -0.05) is 0 Å². The number of hydrogen-bond acceptors (Lipinski definition) is 1. The molecule has 0 saturated heterocycles. The van der Waals surface area contributed by atoms with Gasteiger partial charge in [-0.05, 0) is 25.7 Å². The van der Waals surface area contributed by atoms with E-state index in [1.54, 1.807) is 0 Å². The van der Waals surface area contributed by atoms with Crippen LogP contribution in [0.1, 0.15) is 25.7 Å². The van der Waals surface area contributed by atoms with E-state index in [-0.39, 0.29) is 0 Å². The number of halogens is 6. The van der Waals surface area contributed by atoms with E-state index < -0.39 is 49.6 Å². The van der Waals surface area contributed by atoms with Gasteiger partial charge in [0.05, 0.1) is 5.92 Å². The lowest BCUT2D eigenvalue weighted by Gasteiger charge is -2.37. The molecule has 1 aliphatic carbocycles. The molecule has 0 aliphatic heterocycles. The quantitative estimate of drug-likeness (QED) is 0.641. The van der Waals surface area contributed by atoms with Gasteiger partial charge in [-0.15, -0.1) is 0 Å². The van der Waals surface area contributed by atoms with Crippen molar-refractivity contribution in [3.63, 3.8) is 0 Å². The van der Waals surface area contributed by atoms with Gasteiger partial charge in [0.2, 0.25) is 0 Å². The van der Waals surface area contributed by atoms with Gasteiger partial charge in [0.15, 0.2) is 5.60 Å². The monoisotopic (exact) mass is 236 g/mol. The zero-order valence-corrected chi connectivity index (χ0v) is 7.62. The van der Waals surface area contributed by atoms with Crippen LogP contribution >= 0.6 is 0 Å². The first-order chi connectivity index (χ1) is 6.56. The minimum absolute atomic E-state index is 0.667. The van der Waals surface area contributed by atoms with Crippen molar-refractivity contribution in [2.45, 2.75) is 43.6 Å². The van der Waals surface area contributed by atoms with E-state index in [0.29, 0.717) is 0 Å². The van der Waals surface area contributed by atoms with E-state index in [1.165, 1.54) is 0 Å². The largest absolute Gasteiger partial charge is 0.417 e. The predicted molar refractivity (Wildman–Crippen MR) is 39.0 cm³/mol. The fourth-order valence-electron chi connectivity index (χ4n) is 1.71. The molecule has 0 amide bonds. The molecule has 1 aliphatic rings. The molecule has 0 bridgehead atoms. The normalized spacial score (nSPS) is 34.2. The molecule has 0 radical (unpaired) electrons. The highest BCUT2D eigenvalue weighted by Gasteiger charge is 2.57. The van der Waals surface area contributed by atoms with Crippen LogP contribution in [0.5, 0.6) is 0 Å². The molecule has 0 unspecified atom stereocenters. The lowest BCUT2D eigenvalue weighted by molar-refractivity contribution is -0.282. The summed E-state index contributed by atoms with van der Waals surface area (Å²) in [4.78, 5) is 0. The van der Waals surface area contributed by atoms with Crippen LogP contribution in [-0.2, 0) is 0 Å². The summed E-state index contributed by atoms with van der Waals surface area (Å²) in [6.45, 7) is 0. The Morgan fingerprint density at radius 2 is 1.33 bits per heavy atom. The number of rotatable bonds is 0. The lowest BCUT2D eigenvalue weighted by Crippen LogP contribution is -2.49. The van der Waals surface area contributed by atoms with E-state index in [0.717, 1.165) is 0 Å². The molecule has 7 heteroatoms. The Balaban J connectivity index is 2.64. The van der Waals surface area contributed by atoms with Gasteiger partial charge in [-0.2, -0.15) is 26.3 Å². The van der Waals surface area contributed by atoms with Crippen molar-refractivity contribution in [3.8, 4) is 0 Å². The Morgan fingerprint density at radius 1 is 0.933 bits per heavy atom. The van der Waals surface area contributed by atoms with Gasteiger partial charge < -0.3 is 5.11 Å². The first-order valence-corrected chi connectivity index (χ1v) is 4.42. The highest BCUT2D eigenvalue weighted by atomic mass is 19.4. The average Bonchev–Trinajstić information content (AvgIpc) is 2.01. The van der Waals surface area contributed by atoms with Crippen LogP contribution in [0, 0.1) is 5.92 Å². The van der Waals surface area contributed by atoms with Crippen LogP contribution in [0.25, 0.3) is 0 Å². The summed E-state index contributed by atoms with van der Waals surface area (Å²) in [6, 6.07) is 0. The second-order valence-corrected chi connectivity index (χ2v) is 3.85. The van der Waals surface area contributed by atoms with Crippen LogP contribution in [0.3, 0.4) is 0 Å². The Labute approximate surface area is 82.1 Å². The highest BCUT2D eigenvalue weighted by molar-refractivity contribution is 4.92. The third kappa shape index (κ3) is 2.56.